The maximum atomic E-state index is 12.3. The zero-order chi connectivity index (χ0) is 19.1. The van der Waals surface area contributed by atoms with Crippen LogP contribution in [-0.4, -0.2) is 33.4 Å². The number of benzene rings is 3. The average molecular weight is 369 g/mol. The Morgan fingerprint density at radius 3 is 2.61 bits per heavy atom. The first kappa shape index (κ1) is 17.0. The lowest BCUT2D eigenvalue weighted by atomic mass is 10.1. The van der Waals surface area contributed by atoms with E-state index < -0.39 is 0 Å². The first-order valence-electron chi connectivity index (χ1n) is 9.93. The number of carbonyl (C=O) groups excluding carboxylic acids is 1. The molecule has 0 saturated carbocycles. The van der Waals surface area contributed by atoms with Gasteiger partial charge in [0.1, 0.15) is 5.82 Å². The third-order valence-electron chi connectivity index (χ3n) is 5.80. The van der Waals surface area contributed by atoms with Crippen molar-refractivity contribution < 1.29 is 4.79 Å². The van der Waals surface area contributed by atoms with Gasteiger partial charge >= 0.3 is 0 Å². The van der Waals surface area contributed by atoms with Crippen LogP contribution in [0.15, 0.2) is 66.7 Å². The molecule has 5 rings (SSSR count). The lowest BCUT2D eigenvalue weighted by molar-refractivity contribution is -0.127. The molecular weight excluding hydrogens is 346 g/mol. The minimum Gasteiger partial charge on any atom is -0.342 e. The highest BCUT2D eigenvalue weighted by Gasteiger charge is 2.33. The van der Waals surface area contributed by atoms with E-state index in [2.05, 4.69) is 65.2 Å². The number of fused-ring (bicyclic) bond motifs is 2. The van der Waals surface area contributed by atoms with Crippen LogP contribution in [-0.2, 0) is 11.3 Å². The maximum Gasteiger partial charge on any atom is 0.223 e. The zero-order valence-corrected chi connectivity index (χ0v) is 16.0. The molecule has 1 amide bonds. The van der Waals surface area contributed by atoms with Crippen molar-refractivity contribution in [1.29, 1.82) is 0 Å². The van der Waals surface area contributed by atoms with E-state index in [1.807, 2.05) is 17.9 Å². The molecule has 0 radical (unpaired) electrons. The number of likely N-dealkylation sites (tertiary alicyclic amines) is 1. The number of amides is 1. The highest BCUT2D eigenvalue weighted by molar-refractivity contribution is 5.83. The average Bonchev–Trinajstić information content (AvgIpc) is 3.28. The second-order valence-electron chi connectivity index (χ2n) is 7.56. The number of rotatable bonds is 4. The van der Waals surface area contributed by atoms with Gasteiger partial charge in [-0.1, -0.05) is 48.5 Å². The van der Waals surface area contributed by atoms with Gasteiger partial charge in [-0.15, -0.1) is 0 Å². The Hall–Kier alpha value is -3.14. The molecule has 0 aliphatic carbocycles. The van der Waals surface area contributed by atoms with Crippen molar-refractivity contribution in [3.8, 4) is 0 Å². The molecule has 1 aliphatic rings. The molecule has 2 heterocycles. The Labute approximate surface area is 164 Å². The van der Waals surface area contributed by atoms with Gasteiger partial charge in [-0.25, -0.2) is 4.98 Å². The molecule has 1 aromatic heterocycles. The second-order valence-corrected chi connectivity index (χ2v) is 7.56. The van der Waals surface area contributed by atoms with Gasteiger partial charge in [0.05, 0.1) is 11.0 Å². The summed E-state index contributed by atoms with van der Waals surface area (Å²) in [6.07, 6.45) is 0.550. The number of likely N-dealkylation sites (N-methyl/N-ethyl adjacent to an activating group) is 1. The molecule has 0 bridgehead atoms. The molecule has 0 N–H and O–H groups in total. The van der Waals surface area contributed by atoms with Crippen LogP contribution >= 0.6 is 0 Å². The van der Waals surface area contributed by atoms with Crippen molar-refractivity contribution in [2.24, 2.45) is 0 Å². The summed E-state index contributed by atoms with van der Waals surface area (Å²) in [5, 5.41) is 2.50. The van der Waals surface area contributed by atoms with Crippen LogP contribution < -0.4 is 0 Å². The molecule has 1 fully saturated rings. The van der Waals surface area contributed by atoms with Crippen LogP contribution in [0.2, 0.25) is 0 Å². The van der Waals surface area contributed by atoms with Crippen LogP contribution in [0.5, 0.6) is 0 Å². The van der Waals surface area contributed by atoms with Gasteiger partial charge < -0.3 is 9.47 Å². The quantitative estimate of drug-likeness (QED) is 0.528. The van der Waals surface area contributed by atoms with E-state index in [1.165, 1.54) is 16.3 Å². The maximum absolute atomic E-state index is 12.3. The predicted molar refractivity (Wildman–Crippen MR) is 112 cm³/mol. The Morgan fingerprint density at radius 2 is 1.79 bits per heavy atom. The Bertz CT molecular complexity index is 1180. The topological polar surface area (TPSA) is 38.1 Å². The van der Waals surface area contributed by atoms with Crippen LogP contribution in [0.1, 0.15) is 30.7 Å². The van der Waals surface area contributed by atoms with Crippen LogP contribution in [0, 0.1) is 0 Å². The summed E-state index contributed by atoms with van der Waals surface area (Å²) in [6.45, 7) is 4.33. The van der Waals surface area contributed by atoms with E-state index in [9.17, 15) is 4.79 Å². The van der Waals surface area contributed by atoms with Crippen molar-refractivity contribution in [1.82, 2.24) is 14.5 Å². The number of imidazole rings is 1. The number of nitrogens with zero attached hydrogens (tertiary/aromatic N) is 3. The lowest BCUT2D eigenvalue weighted by Crippen LogP contribution is -2.24. The molecule has 28 heavy (non-hydrogen) atoms. The third kappa shape index (κ3) is 2.85. The summed E-state index contributed by atoms with van der Waals surface area (Å²) in [4.78, 5) is 19.2. The SMILES string of the molecule is CCN1C[C@@H](c2nc3ccccc3n2Cc2ccc3ccccc3c2)CC1=O. The van der Waals surface area contributed by atoms with E-state index in [4.69, 9.17) is 4.98 Å². The molecular formula is C24H23N3O. The Morgan fingerprint density at radius 1 is 1.00 bits per heavy atom. The molecule has 1 saturated heterocycles. The Kier molecular flexibility index (Phi) is 4.12. The normalized spacial score (nSPS) is 17.1. The molecule has 0 spiro atoms. The van der Waals surface area contributed by atoms with Crippen LogP contribution in [0.4, 0.5) is 0 Å². The van der Waals surface area contributed by atoms with Crippen molar-refractivity contribution in [3.63, 3.8) is 0 Å². The molecule has 140 valence electrons. The first-order chi connectivity index (χ1) is 13.7. The van der Waals surface area contributed by atoms with Crippen molar-refractivity contribution in [3.05, 3.63) is 78.1 Å². The fraction of sp³-hybridized carbons (Fsp3) is 0.250. The number of para-hydroxylation sites is 2. The second kappa shape index (κ2) is 6.79. The van der Waals surface area contributed by atoms with Crippen molar-refractivity contribution in [2.75, 3.05) is 13.1 Å². The highest BCUT2D eigenvalue weighted by Crippen LogP contribution is 2.31. The molecule has 4 heteroatoms. The minimum atomic E-state index is 0.153. The minimum absolute atomic E-state index is 0.153. The molecule has 3 aromatic carbocycles. The van der Waals surface area contributed by atoms with Gasteiger partial charge in [0.15, 0.2) is 0 Å². The lowest BCUT2D eigenvalue weighted by Gasteiger charge is -2.16. The molecule has 1 aliphatic heterocycles. The van der Waals surface area contributed by atoms with Gasteiger partial charge in [-0.2, -0.15) is 0 Å². The van der Waals surface area contributed by atoms with Crippen LogP contribution in [0.25, 0.3) is 21.8 Å². The number of hydrogen-bond donors (Lipinski definition) is 0. The first-order valence-corrected chi connectivity index (χ1v) is 9.93. The van der Waals surface area contributed by atoms with E-state index in [0.29, 0.717) is 6.42 Å². The number of aromatic nitrogens is 2. The summed E-state index contributed by atoms with van der Waals surface area (Å²) < 4.78 is 2.30. The number of carbonyl (C=O) groups is 1. The predicted octanol–water partition coefficient (Wildman–Crippen LogP) is 4.57. The number of hydrogen-bond acceptors (Lipinski definition) is 2. The molecule has 4 nitrogen and oxygen atoms in total. The van der Waals surface area contributed by atoms with E-state index >= 15 is 0 Å². The highest BCUT2D eigenvalue weighted by atomic mass is 16.2. The van der Waals surface area contributed by atoms with Crippen molar-refractivity contribution >= 4 is 27.7 Å². The molecule has 4 aromatic rings. The molecule has 1 atom stereocenters. The Balaban J connectivity index is 1.58. The van der Waals surface area contributed by atoms with E-state index in [0.717, 1.165) is 36.5 Å². The third-order valence-corrected chi connectivity index (χ3v) is 5.80. The summed E-state index contributed by atoms with van der Waals surface area (Å²) in [7, 11) is 0. The largest absolute Gasteiger partial charge is 0.342 e. The standard InChI is InChI=1S/C24H23N3O/c1-2-26-16-20(14-23(26)28)24-25-21-9-5-6-10-22(21)27(24)15-17-11-12-18-7-3-4-8-19(18)13-17/h3-13,20H,2,14-16H2,1H3/t20-/m0/s1. The van der Waals surface area contributed by atoms with Gasteiger partial charge in [-0.3, -0.25) is 4.79 Å². The van der Waals surface area contributed by atoms with Crippen molar-refractivity contribution in [2.45, 2.75) is 25.8 Å². The summed E-state index contributed by atoms with van der Waals surface area (Å²) >= 11 is 0. The van der Waals surface area contributed by atoms with Gasteiger partial charge in [0.2, 0.25) is 5.91 Å². The summed E-state index contributed by atoms with van der Waals surface area (Å²) in [6, 6.07) is 23.3. The smallest absolute Gasteiger partial charge is 0.223 e. The van der Waals surface area contributed by atoms with E-state index in [-0.39, 0.29) is 11.8 Å². The van der Waals surface area contributed by atoms with Gasteiger partial charge in [-0.05, 0) is 41.5 Å². The zero-order valence-electron chi connectivity index (χ0n) is 16.0. The van der Waals surface area contributed by atoms with Crippen LogP contribution in [0.3, 0.4) is 0 Å². The fourth-order valence-electron chi connectivity index (χ4n) is 4.34. The summed E-state index contributed by atoms with van der Waals surface area (Å²) in [5.41, 5.74) is 3.38. The van der Waals surface area contributed by atoms with E-state index in [1.54, 1.807) is 0 Å². The fourth-order valence-corrected chi connectivity index (χ4v) is 4.34. The van der Waals surface area contributed by atoms with Gasteiger partial charge in [0, 0.05) is 32.0 Å². The molecule has 0 unspecified atom stereocenters. The summed E-state index contributed by atoms with van der Waals surface area (Å²) in [5.74, 6) is 1.41. The van der Waals surface area contributed by atoms with Gasteiger partial charge in [0.25, 0.3) is 0 Å². The monoisotopic (exact) mass is 369 g/mol.